The Balaban J connectivity index is 2.88. The van der Waals surface area contributed by atoms with E-state index in [9.17, 15) is 0 Å². The predicted molar refractivity (Wildman–Crippen MR) is 66.2 cm³/mol. The van der Waals surface area contributed by atoms with Gasteiger partial charge in [0, 0.05) is 25.7 Å². The summed E-state index contributed by atoms with van der Waals surface area (Å²) in [5.41, 5.74) is 0. The van der Waals surface area contributed by atoms with Crippen LogP contribution in [0.4, 0.5) is 11.8 Å². The summed E-state index contributed by atoms with van der Waals surface area (Å²) < 4.78 is 0. The second-order valence-electron chi connectivity index (χ2n) is 3.20. The number of aromatic nitrogens is 2. The molecule has 0 unspecified atom stereocenters. The first-order chi connectivity index (χ1) is 7.71. The van der Waals surface area contributed by atoms with E-state index in [2.05, 4.69) is 15.3 Å². The van der Waals surface area contributed by atoms with Gasteiger partial charge in [0.15, 0.2) is 0 Å². The number of aliphatic hydroxyl groups is 1. The molecule has 0 bridgehead atoms. The van der Waals surface area contributed by atoms with Crippen LogP contribution in [0.5, 0.6) is 0 Å². The van der Waals surface area contributed by atoms with Crippen LogP contribution in [0.2, 0.25) is 5.15 Å². The molecule has 0 atom stereocenters. The monoisotopic (exact) mass is 244 g/mol. The summed E-state index contributed by atoms with van der Waals surface area (Å²) in [6.45, 7) is 6.24. The average Bonchev–Trinajstić information content (AvgIpc) is 2.27. The number of hydrogen-bond donors (Lipinski definition) is 2. The minimum absolute atomic E-state index is 0.0578. The molecular weight excluding hydrogens is 228 g/mol. The summed E-state index contributed by atoms with van der Waals surface area (Å²) in [7, 11) is 0. The highest BCUT2D eigenvalue weighted by molar-refractivity contribution is 6.29. The van der Waals surface area contributed by atoms with Gasteiger partial charge in [0.05, 0.1) is 6.61 Å². The Labute approximate surface area is 100 Å². The van der Waals surface area contributed by atoms with Crippen LogP contribution in [0.1, 0.15) is 13.8 Å². The highest BCUT2D eigenvalue weighted by atomic mass is 35.5. The maximum absolute atomic E-state index is 8.72. The summed E-state index contributed by atoms with van der Waals surface area (Å²) in [6.07, 6.45) is 0. The fourth-order valence-corrected chi connectivity index (χ4v) is 1.51. The molecule has 1 heterocycles. The first kappa shape index (κ1) is 13.0. The molecule has 0 aliphatic heterocycles. The van der Waals surface area contributed by atoms with Crippen molar-refractivity contribution in [3.63, 3.8) is 0 Å². The summed E-state index contributed by atoms with van der Waals surface area (Å²) in [4.78, 5) is 10.5. The lowest BCUT2D eigenvalue weighted by atomic mass is 10.5. The quantitative estimate of drug-likeness (QED) is 0.741. The number of hydrogen-bond acceptors (Lipinski definition) is 5. The van der Waals surface area contributed by atoms with E-state index in [1.165, 1.54) is 0 Å². The third kappa shape index (κ3) is 3.50. The Morgan fingerprint density at radius 3 is 2.62 bits per heavy atom. The summed E-state index contributed by atoms with van der Waals surface area (Å²) in [5.74, 6) is 1.24. The number of halogens is 1. The van der Waals surface area contributed by atoms with Crippen LogP contribution in [0.3, 0.4) is 0 Å². The van der Waals surface area contributed by atoms with E-state index in [0.29, 0.717) is 23.5 Å². The average molecular weight is 245 g/mol. The zero-order valence-electron chi connectivity index (χ0n) is 9.57. The lowest BCUT2D eigenvalue weighted by Crippen LogP contribution is -2.24. The molecule has 1 aromatic heterocycles. The van der Waals surface area contributed by atoms with Crippen LogP contribution < -0.4 is 10.2 Å². The second kappa shape index (κ2) is 6.50. The van der Waals surface area contributed by atoms with E-state index in [0.717, 1.165) is 13.1 Å². The molecule has 0 radical (unpaired) electrons. The van der Waals surface area contributed by atoms with Gasteiger partial charge in [-0.1, -0.05) is 11.6 Å². The van der Waals surface area contributed by atoms with Crippen LogP contribution in [-0.2, 0) is 0 Å². The standard InChI is InChI=1S/C10H17ClN4O/c1-3-15(4-2)10-13-8(11)7-9(14-10)12-5-6-16/h7,16H,3-6H2,1-2H3,(H,12,13,14). The highest BCUT2D eigenvalue weighted by Gasteiger charge is 2.08. The molecule has 1 aromatic rings. The van der Waals surface area contributed by atoms with Crippen LogP contribution in [-0.4, -0.2) is 41.3 Å². The molecule has 0 saturated heterocycles. The van der Waals surface area contributed by atoms with Crippen LogP contribution in [0.25, 0.3) is 0 Å². The van der Waals surface area contributed by atoms with Gasteiger partial charge in [-0.25, -0.2) is 4.98 Å². The molecule has 0 spiro atoms. The molecule has 6 heteroatoms. The van der Waals surface area contributed by atoms with E-state index < -0.39 is 0 Å². The van der Waals surface area contributed by atoms with Gasteiger partial charge in [-0.15, -0.1) is 0 Å². The number of anilines is 2. The van der Waals surface area contributed by atoms with Gasteiger partial charge in [0.2, 0.25) is 5.95 Å². The molecule has 0 amide bonds. The lowest BCUT2D eigenvalue weighted by Gasteiger charge is -2.19. The van der Waals surface area contributed by atoms with Crippen molar-refractivity contribution in [2.45, 2.75) is 13.8 Å². The van der Waals surface area contributed by atoms with Crippen molar-refractivity contribution in [2.75, 3.05) is 36.5 Å². The van der Waals surface area contributed by atoms with Crippen molar-refractivity contribution in [2.24, 2.45) is 0 Å². The van der Waals surface area contributed by atoms with Gasteiger partial charge < -0.3 is 15.3 Å². The van der Waals surface area contributed by atoms with Crippen molar-refractivity contribution >= 4 is 23.4 Å². The number of rotatable bonds is 6. The Kier molecular flexibility index (Phi) is 5.28. The Morgan fingerprint density at radius 2 is 2.06 bits per heavy atom. The molecule has 0 aliphatic rings. The predicted octanol–water partition coefficient (Wildman–Crippen LogP) is 1.38. The normalized spacial score (nSPS) is 10.2. The molecular formula is C10H17ClN4O. The molecule has 16 heavy (non-hydrogen) atoms. The fourth-order valence-electron chi connectivity index (χ4n) is 1.33. The van der Waals surface area contributed by atoms with E-state index in [4.69, 9.17) is 16.7 Å². The smallest absolute Gasteiger partial charge is 0.228 e. The molecule has 0 aliphatic carbocycles. The van der Waals surface area contributed by atoms with Gasteiger partial charge in [0.25, 0.3) is 0 Å². The first-order valence-electron chi connectivity index (χ1n) is 5.35. The second-order valence-corrected chi connectivity index (χ2v) is 3.59. The van der Waals surface area contributed by atoms with E-state index in [-0.39, 0.29) is 6.61 Å². The third-order valence-electron chi connectivity index (χ3n) is 2.15. The minimum atomic E-state index is 0.0578. The zero-order chi connectivity index (χ0) is 12.0. The number of nitrogens with zero attached hydrogens (tertiary/aromatic N) is 3. The van der Waals surface area contributed by atoms with Crippen molar-refractivity contribution < 1.29 is 5.11 Å². The molecule has 5 nitrogen and oxygen atoms in total. The minimum Gasteiger partial charge on any atom is -0.395 e. The van der Waals surface area contributed by atoms with E-state index in [1.807, 2.05) is 18.7 Å². The van der Waals surface area contributed by atoms with Crippen molar-refractivity contribution in [3.8, 4) is 0 Å². The number of aliphatic hydroxyl groups excluding tert-OH is 1. The third-order valence-corrected chi connectivity index (χ3v) is 2.34. The van der Waals surface area contributed by atoms with Crippen LogP contribution in [0, 0.1) is 0 Å². The maximum Gasteiger partial charge on any atom is 0.228 e. The maximum atomic E-state index is 8.72. The Hall–Kier alpha value is -1.07. The van der Waals surface area contributed by atoms with Gasteiger partial charge >= 0.3 is 0 Å². The van der Waals surface area contributed by atoms with Crippen molar-refractivity contribution in [1.82, 2.24) is 9.97 Å². The van der Waals surface area contributed by atoms with E-state index >= 15 is 0 Å². The van der Waals surface area contributed by atoms with Crippen LogP contribution >= 0.6 is 11.6 Å². The Bertz CT molecular complexity index is 331. The SMILES string of the molecule is CCN(CC)c1nc(Cl)cc(NCCO)n1. The summed E-state index contributed by atoms with van der Waals surface area (Å²) in [6, 6.07) is 1.64. The molecule has 0 saturated carbocycles. The van der Waals surface area contributed by atoms with Crippen molar-refractivity contribution in [1.29, 1.82) is 0 Å². The fraction of sp³-hybridized carbons (Fsp3) is 0.600. The van der Waals surface area contributed by atoms with Crippen LogP contribution in [0.15, 0.2) is 6.07 Å². The largest absolute Gasteiger partial charge is 0.395 e. The topological polar surface area (TPSA) is 61.3 Å². The van der Waals surface area contributed by atoms with Crippen molar-refractivity contribution in [3.05, 3.63) is 11.2 Å². The molecule has 90 valence electrons. The Morgan fingerprint density at radius 1 is 1.38 bits per heavy atom. The molecule has 2 N–H and O–H groups in total. The molecule has 0 aromatic carbocycles. The zero-order valence-corrected chi connectivity index (χ0v) is 10.3. The number of nitrogens with one attached hydrogen (secondary N) is 1. The summed E-state index contributed by atoms with van der Waals surface area (Å²) in [5, 5.41) is 12.1. The van der Waals surface area contributed by atoms with Gasteiger partial charge in [0.1, 0.15) is 11.0 Å². The van der Waals surface area contributed by atoms with Gasteiger partial charge in [-0.3, -0.25) is 0 Å². The molecule has 0 fully saturated rings. The highest BCUT2D eigenvalue weighted by Crippen LogP contribution is 2.16. The first-order valence-corrected chi connectivity index (χ1v) is 5.73. The molecule has 1 rings (SSSR count). The van der Waals surface area contributed by atoms with E-state index in [1.54, 1.807) is 6.07 Å². The summed E-state index contributed by atoms with van der Waals surface area (Å²) >= 11 is 5.91. The van der Waals surface area contributed by atoms with Gasteiger partial charge in [-0.05, 0) is 13.8 Å². The lowest BCUT2D eigenvalue weighted by molar-refractivity contribution is 0.311. The van der Waals surface area contributed by atoms with Gasteiger partial charge in [-0.2, -0.15) is 4.98 Å².